The van der Waals surface area contributed by atoms with E-state index >= 15 is 0 Å². The third-order valence-corrected chi connectivity index (χ3v) is 5.85. The van der Waals surface area contributed by atoms with Gasteiger partial charge in [0.05, 0.1) is 6.04 Å². The lowest BCUT2D eigenvalue weighted by Gasteiger charge is -2.35. The first-order valence-corrected chi connectivity index (χ1v) is 10.3. The summed E-state index contributed by atoms with van der Waals surface area (Å²) in [4.78, 5) is 15.3. The summed E-state index contributed by atoms with van der Waals surface area (Å²) in [6, 6.07) is 13.0. The predicted octanol–water partition coefficient (Wildman–Crippen LogP) is 5.15. The monoisotopic (exact) mass is 394 g/mol. The smallest absolute Gasteiger partial charge is 0.287 e. The Hall–Kier alpha value is -2.66. The molecule has 2 aromatic carbocycles. The summed E-state index contributed by atoms with van der Waals surface area (Å²) < 4.78 is 19.3. The van der Waals surface area contributed by atoms with Crippen molar-refractivity contribution in [3.05, 3.63) is 70.7 Å². The number of amides is 1. The Balaban J connectivity index is 1.54. The van der Waals surface area contributed by atoms with E-state index in [0.29, 0.717) is 23.1 Å². The maximum Gasteiger partial charge on any atom is 0.287 e. The summed E-state index contributed by atoms with van der Waals surface area (Å²) in [5.74, 6) is -0.335. The molecule has 1 fully saturated rings. The van der Waals surface area contributed by atoms with Gasteiger partial charge in [-0.1, -0.05) is 36.2 Å². The average molecular weight is 394 g/mol. The number of carbonyl (C=O) groups is 1. The predicted molar refractivity (Wildman–Crippen MR) is 113 cm³/mol. The van der Waals surface area contributed by atoms with Gasteiger partial charge in [0.15, 0.2) is 5.76 Å². The number of nitrogens with zero attached hydrogens (tertiary/aromatic N) is 1. The van der Waals surface area contributed by atoms with Crippen LogP contribution in [-0.4, -0.2) is 30.4 Å². The summed E-state index contributed by atoms with van der Waals surface area (Å²) in [5, 5.41) is 3.70. The zero-order valence-corrected chi connectivity index (χ0v) is 17.0. The summed E-state index contributed by atoms with van der Waals surface area (Å²) in [5.41, 5.74) is 3.63. The molecule has 1 amide bonds. The van der Waals surface area contributed by atoms with Crippen LogP contribution in [0.1, 0.15) is 52.5 Å². The van der Waals surface area contributed by atoms with E-state index in [9.17, 15) is 9.18 Å². The van der Waals surface area contributed by atoms with E-state index in [4.69, 9.17) is 4.42 Å². The van der Waals surface area contributed by atoms with E-state index in [-0.39, 0.29) is 23.5 Å². The summed E-state index contributed by atoms with van der Waals surface area (Å²) in [7, 11) is 0. The molecule has 3 aromatic rings. The van der Waals surface area contributed by atoms with E-state index < -0.39 is 0 Å². The average Bonchev–Trinajstić information content (AvgIpc) is 3.06. The molecule has 152 valence electrons. The Morgan fingerprint density at radius 2 is 1.83 bits per heavy atom. The molecule has 1 aromatic heterocycles. The van der Waals surface area contributed by atoms with Crippen LogP contribution in [0.2, 0.25) is 0 Å². The standard InChI is InChI=1S/C24H27FN2O2/c1-16-6-8-18(9-7-16)21(27-12-4-3-5-13-27)15-26-24(28)23-17(2)20-14-19(25)10-11-22(20)29-23/h6-11,14,21H,3-5,12-13,15H2,1-2H3,(H,26,28). The summed E-state index contributed by atoms with van der Waals surface area (Å²) in [6.45, 7) is 6.46. The number of halogens is 1. The Labute approximate surface area is 170 Å². The quantitative estimate of drug-likeness (QED) is 0.651. The zero-order valence-electron chi connectivity index (χ0n) is 17.0. The number of benzene rings is 2. The third kappa shape index (κ3) is 4.20. The van der Waals surface area contributed by atoms with Crippen LogP contribution < -0.4 is 5.32 Å². The number of carbonyl (C=O) groups excluding carboxylic acids is 1. The fourth-order valence-corrected chi connectivity index (χ4v) is 4.16. The number of furan rings is 1. The number of piperidine rings is 1. The van der Waals surface area contributed by atoms with Crippen molar-refractivity contribution in [3.63, 3.8) is 0 Å². The fourth-order valence-electron chi connectivity index (χ4n) is 4.16. The van der Waals surface area contributed by atoms with Crippen molar-refractivity contribution in [1.82, 2.24) is 10.2 Å². The van der Waals surface area contributed by atoms with Gasteiger partial charge in [-0.3, -0.25) is 9.69 Å². The molecule has 1 unspecified atom stereocenters. The molecule has 1 aliphatic rings. The number of likely N-dealkylation sites (tertiary alicyclic amines) is 1. The molecule has 4 nitrogen and oxygen atoms in total. The molecule has 0 bridgehead atoms. The second-order valence-corrected chi connectivity index (χ2v) is 7.93. The Morgan fingerprint density at radius 1 is 1.10 bits per heavy atom. The first-order valence-electron chi connectivity index (χ1n) is 10.3. The molecule has 1 saturated heterocycles. The van der Waals surface area contributed by atoms with Crippen LogP contribution in [0.5, 0.6) is 0 Å². The highest BCUT2D eigenvalue weighted by molar-refractivity contribution is 5.98. The van der Waals surface area contributed by atoms with E-state index in [1.54, 1.807) is 13.0 Å². The zero-order chi connectivity index (χ0) is 20.4. The molecule has 2 heterocycles. The lowest BCUT2D eigenvalue weighted by Crippen LogP contribution is -2.40. The largest absolute Gasteiger partial charge is 0.451 e. The number of fused-ring (bicyclic) bond motifs is 1. The molecule has 1 N–H and O–H groups in total. The van der Waals surface area contributed by atoms with Crippen LogP contribution in [0, 0.1) is 19.7 Å². The van der Waals surface area contributed by atoms with E-state index in [0.717, 1.165) is 13.1 Å². The summed E-state index contributed by atoms with van der Waals surface area (Å²) >= 11 is 0. The number of rotatable bonds is 5. The van der Waals surface area contributed by atoms with Gasteiger partial charge in [0.1, 0.15) is 11.4 Å². The van der Waals surface area contributed by atoms with Gasteiger partial charge in [0, 0.05) is 17.5 Å². The van der Waals surface area contributed by atoms with Crippen LogP contribution in [0.4, 0.5) is 4.39 Å². The van der Waals surface area contributed by atoms with Crippen LogP contribution in [0.25, 0.3) is 11.0 Å². The molecule has 5 heteroatoms. The molecule has 0 aliphatic carbocycles. The Bertz CT molecular complexity index is 1000. The highest BCUT2D eigenvalue weighted by atomic mass is 19.1. The maximum atomic E-state index is 13.6. The normalized spacial score (nSPS) is 16.1. The Kier molecular flexibility index (Phi) is 5.67. The van der Waals surface area contributed by atoms with Crippen LogP contribution >= 0.6 is 0 Å². The van der Waals surface area contributed by atoms with Gasteiger partial charge >= 0.3 is 0 Å². The van der Waals surface area contributed by atoms with Crippen molar-refractivity contribution in [3.8, 4) is 0 Å². The first kappa shape index (κ1) is 19.6. The second-order valence-electron chi connectivity index (χ2n) is 7.93. The van der Waals surface area contributed by atoms with Crippen LogP contribution in [0.15, 0.2) is 46.9 Å². The molecule has 29 heavy (non-hydrogen) atoms. The van der Waals surface area contributed by atoms with Gasteiger partial charge in [-0.05, 0) is 63.5 Å². The summed E-state index contributed by atoms with van der Waals surface area (Å²) in [6.07, 6.45) is 3.63. The minimum absolute atomic E-state index is 0.127. The van der Waals surface area contributed by atoms with Gasteiger partial charge in [0.25, 0.3) is 5.91 Å². The lowest BCUT2D eigenvalue weighted by molar-refractivity contribution is 0.0898. The third-order valence-electron chi connectivity index (χ3n) is 5.85. The van der Waals surface area contributed by atoms with Crippen molar-refractivity contribution in [2.24, 2.45) is 0 Å². The van der Waals surface area contributed by atoms with Gasteiger partial charge < -0.3 is 9.73 Å². The Morgan fingerprint density at radius 3 is 2.55 bits per heavy atom. The number of hydrogen-bond donors (Lipinski definition) is 1. The van der Waals surface area contributed by atoms with E-state index in [1.807, 2.05) is 0 Å². The number of nitrogens with one attached hydrogen (secondary N) is 1. The highest BCUT2D eigenvalue weighted by Crippen LogP contribution is 2.27. The van der Waals surface area contributed by atoms with Crippen LogP contribution in [0.3, 0.4) is 0 Å². The second kappa shape index (κ2) is 8.37. The van der Waals surface area contributed by atoms with Gasteiger partial charge in [0.2, 0.25) is 0 Å². The lowest BCUT2D eigenvalue weighted by atomic mass is 10.0. The van der Waals surface area contributed by atoms with Crippen molar-refractivity contribution in [1.29, 1.82) is 0 Å². The first-order chi connectivity index (χ1) is 14.0. The molecule has 0 saturated carbocycles. The van der Waals surface area contributed by atoms with Crippen molar-refractivity contribution >= 4 is 16.9 Å². The molecule has 1 aliphatic heterocycles. The van der Waals surface area contributed by atoms with Gasteiger partial charge in [-0.2, -0.15) is 0 Å². The minimum Gasteiger partial charge on any atom is -0.451 e. The van der Waals surface area contributed by atoms with Gasteiger partial charge in [-0.25, -0.2) is 4.39 Å². The minimum atomic E-state index is -0.335. The maximum absolute atomic E-state index is 13.6. The van der Waals surface area contributed by atoms with Crippen molar-refractivity contribution < 1.29 is 13.6 Å². The molecule has 0 spiro atoms. The number of aryl methyl sites for hydroxylation is 2. The molecular formula is C24H27FN2O2. The van der Waals surface area contributed by atoms with Gasteiger partial charge in [-0.15, -0.1) is 0 Å². The van der Waals surface area contributed by atoms with Crippen molar-refractivity contribution in [2.75, 3.05) is 19.6 Å². The highest BCUT2D eigenvalue weighted by Gasteiger charge is 2.24. The van der Waals surface area contributed by atoms with E-state index in [2.05, 4.69) is 41.4 Å². The van der Waals surface area contributed by atoms with Crippen LogP contribution in [-0.2, 0) is 0 Å². The van der Waals surface area contributed by atoms with Crippen molar-refractivity contribution in [2.45, 2.75) is 39.2 Å². The molecule has 0 radical (unpaired) electrons. The molecule has 4 rings (SSSR count). The SMILES string of the molecule is Cc1ccc(C(CNC(=O)c2oc3ccc(F)cc3c2C)N2CCCCC2)cc1. The number of hydrogen-bond acceptors (Lipinski definition) is 3. The van der Waals surface area contributed by atoms with E-state index in [1.165, 1.54) is 42.5 Å². The molecule has 1 atom stereocenters. The fraction of sp³-hybridized carbons (Fsp3) is 0.375. The molecular weight excluding hydrogens is 367 g/mol. The topological polar surface area (TPSA) is 45.5 Å².